The van der Waals surface area contributed by atoms with Crippen molar-refractivity contribution in [1.29, 1.82) is 0 Å². The standard InChI is InChI=1S/C22H32N6O3/c1-15-9-24-28(11-15)14-18-8-20(25-31-18)22(30)27-12-16-7-17(13-27)19(23-10-16)5-4-6-21(29)26(2)3/h8-9,11,16-17,19,23H,4-7,10,12-14H2,1-3H3/t16-,17+,19+/m0/s1. The largest absolute Gasteiger partial charge is 0.359 e. The van der Waals surface area contributed by atoms with Gasteiger partial charge in [-0.1, -0.05) is 5.16 Å². The third-order valence-electron chi connectivity index (χ3n) is 6.36. The molecule has 2 bridgehead atoms. The molecule has 9 heteroatoms. The van der Waals surface area contributed by atoms with Crippen LogP contribution in [0.4, 0.5) is 0 Å². The number of hydrogen-bond donors (Lipinski definition) is 1. The molecule has 2 aliphatic rings. The molecule has 9 nitrogen and oxygen atoms in total. The van der Waals surface area contributed by atoms with E-state index >= 15 is 0 Å². The maximum absolute atomic E-state index is 13.1. The monoisotopic (exact) mass is 428 g/mol. The minimum Gasteiger partial charge on any atom is -0.359 e. The molecule has 0 aliphatic carbocycles. The molecule has 0 radical (unpaired) electrons. The van der Waals surface area contributed by atoms with Crippen molar-refractivity contribution in [2.24, 2.45) is 11.8 Å². The summed E-state index contributed by atoms with van der Waals surface area (Å²) in [6, 6.07) is 2.07. The van der Waals surface area contributed by atoms with Crippen LogP contribution in [-0.2, 0) is 11.3 Å². The Hall–Kier alpha value is -2.68. The van der Waals surface area contributed by atoms with Crippen LogP contribution >= 0.6 is 0 Å². The Bertz CT molecular complexity index is 920. The number of carbonyl (C=O) groups excluding carboxylic acids is 2. The van der Waals surface area contributed by atoms with Gasteiger partial charge in [0.15, 0.2) is 11.5 Å². The molecule has 0 saturated carbocycles. The summed E-state index contributed by atoms with van der Waals surface area (Å²) in [5.74, 6) is 1.59. The second-order valence-electron chi connectivity index (χ2n) is 9.16. The molecule has 2 fully saturated rings. The third-order valence-corrected chi connectivity index (χ3v) is 6.36. The number of nitrogens with zero attached hydrogens (tertiary/aromatic N) is 5. The number of carbonyl (C=O) groups is 2. The fraction of sp³-hybridized carbons (Fsp3) is 0.636. The Balaban J connectivity index is 1.34. The summed E-state index contributed by atoms with van der Waals surface area (Å²) in [5, 5.41) is 11.9. The van der Waals surface area contributed by atoms with E-state index in [-0.39, 0.29) is 11.8 Å². The van der Waals surface area contributed by atoms with Crippen molar-refractivity contribution in [3.63, 3.8) is 0 Å². The zero-order chi connectivity index (χ0) is 22.0. The van der Waals surface area contributed by atoms with Crippen LogP contribution in [0.3, 0.4) is 0 Å². The lowest BCUT2D eigenvalue weighted by molar-refractivity contribution is -0.128. The van der Waals surface area contributed by atoms with E-state index in [1.807, 2.05) is 18.0 Å². The third kappa shape index (κ3) is 5.15. The zero-order valence-electron chi connectivity index (χ0n) is 18.6. The number of hydrogen-bond acceptors (Lipinski definition) is 6. The molecule has 168 valence electrons. The van der Waals surface area contributed by atoms with E-state index < -0.39 is 0 Å². The van der Waals surface area contributed by atoms with Gasteiger partial charge in [0.25, 0.3) is 5.91 Å². The molecule has 1 N–H and O–H groups in total. The van der Waals surface area contributed by atoms with Crippen molar-refractivity contribution >= 4 is 11.8 Å². The summed E-state index contributed by atoms with van der Waals surface area (Å²) in [7, 11) is 3.59. The van der Waals surface area contributed by atoms with Crippen LogP contribution in [0.25, 0.3) is 0 Å². The quantitative estimate of drug-likeness (QED) is 0.719. The number of aromatic nitrogens is 3. The van der Waals surface area contributed by atoms with Crippen molar-refractivity contribution in [1.82, 2.24) is 30.1 Å². The average molecular weight is 429 g/mol. The number of nitrogens with one attached hydrogen (secondary N) is 1. The predicted molar refractivity (Wildman–Crippen MR) is 114 cm³/mol. The minimum atomic E-state index is -0.0650. The molecule has 0 spiro atoms. The van der Waals surface area contributed by atoms with Crippen molar-refractivity contribution in [2.45, 2.75) is 45.2 Å². The SMILES string of the molecule is Cc1cnn(Cc2cc(C(=O)N3C[C@@H]4CN[C@H](CCCC(=O)N(C)C)[C@H](C4)C3)no2)c1. The second-order valence-corrected chi connectivity index (χ2v) is 9.16. The number of likely N-dealkylation sites (tertiary alicyclic amines) is 1. The van der Waals surface area contributed by atoms with Crippen LogP contribution in [0.15, 0.2) is 23.0 Å². The van der Waals surface area contributed by atoms with Crippen molar-refractivity contribution < 1.29 is 14.1 Å². The van der Waals surface area contributed by atoms with Crippen LogP contribution in [0.5, 0.6) is 0 Å². The molecule has 2 aliphatic heterocycles. The molecular weight excluding hydrogens is 396 g/mol. The van der Waals surface area contributed by atoms with Crippen LogP contribution in [0.2, 0.25) is 0 Å². The topological polar surface area (TPSA) is 96.5 Å². The zero-order valence-corrected chi connectivity index (χ0v) is 18.6. The van der Waals surface area contributed by atoms with Gasteiger partial charge in [0, 0.05) is 51.9 Å². The van der Waals surface area contributed by atoms with Crippen molar-refractivity contribution in [3.8, 4) is 0 Å². The lowest BCUT2D eigenvalue weighted by Crippen LogP contribution is -2.57. The number of amides is 2. The van der Waals surface area contributed by atoms with E-state index in [0.717, 1.165) is 44.5 Å². The Kier molecular flexibility index (Phi) is 6.41. The molecule has 4 heterocycles. The summed E-state index contributed by atoms with van der Waals surface area (Å²) in [4.78, 5) is 28.5. The van der Waals surface area contributed by atoms with Crippen LogP contribution in [0, 0.1) is 18.8 Å². The molecule has 4 rings (SSSR count). The highest BCUT2D eigenvalue weighted by molar-refractivity contribution is 5.92. The molecule has 31 heavy (non-hydrogen) atoms. The normalized spacial score (nSPS) is 23.1. The fourth-order valence-corrected chi connectivity index (χ4v) is 4.73. The molecule has 2 amide bonds. The average Bonchev–Trinajstić information content (AvgIpc) is 3.38. The predicted octanol–water partition coefficient (Wildman–Crippen LogP) is 1.54. The summed E-state index contributed by atoms with van der Waals surface area (Å²) < 4.78 is 7.16. The highest BCUT2D eigenvalue weighted by Crippen LogP contribution is 2.31. The Morgan fingerprint density at radius 2 is 2.16 bits per heavy atom. The van der Waals surface area contributed by atoms with E-state index in [1.165, 1.54) is 0 Å². The summed E-state index contributed by atoms with van der Waals surface area (Å²) >= 11 is 0. The summed E-state index contributed by atoms with van der Waals surface area (Å²) in [6.45, 7) is 4.81. The van der Waals surface area contributed by atoms with Crippen LogP contribution < -0.4 is 5.32 Å². The molecule has 2 saturated heterocycles. The number of aryl methyl sites for hydroxylation is 1. The lowest BCUT2D eigenvalue weighted by Gasteiger charge is -2.45. The van der Waals surface area contributed by atoms with Crippen molar-refractivity contribution in [2.75, 3.05) is 33.7 Å². The lowest BCUT2D eigenvalue weighted by atomic mass is 9.79. The van der Waals surface area contributed by atoms with Gasteiger partial charge in [-0.05, 0) is 50.1 Å². The first-order chi connectivity index (χ1) is 14.9. The smallest absolute Gasteiger partial charge is 0.276 e. The highest BCUT2D eigenvalue weighted by Gasteiger charge is 2.38. The van der Waals surface area contributed by atoms with Crippen LogP contribution in [-0.4, -0.2) is 76.3 Å². The molecule has 3 atom stereocenters. The highest BCUT2D eigenvalue weighted by atomic mass is 16.5. The van der Waals surface area contributed by atoms with Gasteiger partial charge in [-0.15, -0.1) is 0 Å². The van der Waals surface area contributed by atoms with Gasteiger partial charge in [0.1, 0.15) is 6.54 Å². The molecule has 0 aromatic carbocycles. The number of rotatable bonds is 7. The van der Waals surface area contributed by atoms with Gasteiger partial charge in [-0.25, -0.2) is 0 Å². The molecular formula is C22H32N6O3. The van der Waals surface area contributed by atoms with Crippen molar-refractivity contribution in [3.05, 3.63) is 35.5 Å². The summed E-state index contributed by atoms with van der Waals surface area (Å²) in [6.07, 6.45) is 7.23. The van der Waals surface area contributed by atoms with Gasteiger partial charge in [0.2, 0.25) is 5.91 Å². The van der Waals surface area contributed by atoms with E-state index in [0.29, 0.717) is 42.3 Å². The second kappa shape index (κ2) is 9.21. The Labute approximate surface area is 182 Å². The van der Waals surface area contributed by atoms with E-state index in [2.05, 4.69) is 15.6 Å². The van der Waals surface area contributed by atoms with Gasteiger partial charge >= 0.3 is 0 Å². The first-order valence-corrected chi connectivity index (χ1v) is 11.1. The number of piperidine rings is 2. The van der Waals surface area contributed by atoms with E-state index in [4.69, 9.17) is 4.52 Å². The van der Waals surface area contributed by atoms with E-state index in [9.17, 15) is 9.59 Å². The Morgan fingerprint density at radius 3 is 2.90 bits per heavy atom. The van der Waals surface area contributed by atoms with Gasteiger partial charge in [-0.2, -0.15) is 5.10 Å². The maximum atomic E-state index is 13.1. The van der Waals surface area contributed by atoms with Gasteiger partial charge in [-0.3, -0.25) is 14.3 Å². The van der Waals surface area contributed by atoms with E-state index in [1.54, 1.807) is 35.9 Å². The van der Waals surface area contributed by atoms with Gasteiger partial charge < -0.3 is 19.6 Å². The summed E-state index contributed by atoms with van der Waals surface area (Å²) in [5.41, 5.74) is 1.44. The van der Waals surface area contributed by atoms with Gasteiger partial charge in [0.05, 0.1) is 6.20 Å². The fourth-order valence-electron chi connectivity index (χ4n) is 4.73. The first kappa shape index (κ1) is 21.5. The van der Waals surface area contributed by atoms with Crippen LogP contribution in [0.1, 0.15) is 47.5 Å². The molecule has 0 unspecified atom stereocenters. The first-order valence-electron chi connectivity index (χ1n) is 11.1. The molecule has 2 aromatic rings. The molecule has 2 aromatic heterocycles. The maximum Gasteiger partial charge on any atom is 0.276 e. The minimum absolute atomic E-state index is 0.0650. The Morgan fingerprint density at radius 1 is 1.32 bits per heavy atom. The number of fused-ring (bicyclic) bond motifs is 2.